The quantitative estimate of drug-likeness (QED) is 0.440. The van der Waals surface area contributed by atoms with Crippen molar-refractivity contribution >= 4 is 15.8 Å². The van der Waals surface area contributed by atoms with E-state index in [2.05, 4.69) is 34.5 Å². The summed E-state index contributed by atoms with van der Waals surface area (Å²) in [7, 11) is -1.11. The lowest BCUT2D eigenvalue weighted by Gasteiger charge is -2.18. The van der Waals surface area contributed by atoms with Crippen molar-refractivity contribution < 1.29 is 12.8 Å². The Balaban J connectivity index is 2.75. The Labute approximate surface area is 163 Å². The van der Waals surface area contributed by atoms with Gasteiger partial charge in [0.2, 0.25) is 0 Å². The lowest BCUT2D eigenvalue weighted by Crippen LogP contribution is -2.41. The van der Waals surface area contributed by atoms with Gasteiger partial charge in [-0.1, -0.05) is 19.4 Å². The first kappa shape index (κ1) is 23.4. The van der Waals surface area contributed by atoms with Crippen molar-refractivity contribution in [1.29, 1.82) is 0 Å². The van der Waals surface area contributed by atoms with E-state index in [0.29, 0.717) is 23.6 Å². The molecule has 0 atom stereocenters. The van der Waals surface area contributed by atoms with Crippen LogP contribution in [0.25, 0.3) is 0 Å². The maximum Gasteiger partial charge on any atom is 0.191 e. The average Bonchev–Trinajstić information content (AvgIpc) is 2.58. The van der Waals surface area contributed by atoms with Crippen LogP contribution in [-0.2, 0) is 22.1 Å². The van der Waals surface area contributed by atoms with Gasteiger partial charge in [-0.15, -0.1) is 0 Å². The number of nitrogens with zero attached hydrogens (tertiary/aromatic N) is 2. The standard InChI is InChI=1S/C19H33FN4O2S/c1-5-7-11-24(3)12-10-22-19(21-6-2)23-14-17-13-18(20)9-8-16(17)15-27(4,25)26/h8-9,13H,5-7,10-12,14-15H2,1-4H3,(H2,21,22,23). The molecule has 0 amide bonds. The molecule has 0 heterocycles. The third-order valence-electron chi connectivity index (χ3n) is 4.02. The second-order valence-corrected chi connectivity index (χ2v) is 8.90. The Morgan fingerprint density at radius 2 is 1.93 bits per heavy atom. The molecule has 0 unspecified atom stereocenters. The van der Waals surface area contributed by atoms with E-state index in [1.807, 2.05) is 6.92 Å². The number of sulfone groups is 1. The molecule has 0 radical (unpaired) electrons. The minimum absolute atomic E-state index is 0.121. The molecule has 0 saturated carbocycles. The van der Waals surface area contributed by atoms with Crippen LogP contribution < -0.4 is 10.6 Å². The first-order valence-electron chi connectivity index (χ1n) is 9.41. The van der Waals surface area contributed by atoms with Crippen LogP contribution in [-0.4, -0.2) is 58.8 Å². The van der Waals surface area contributed by atoms with Gasteiger partial charge in [0.05, 0.1) is 12.3 Å². The van der Waals surface area contributed by atoms with E-state index in [-0.39, 0.29) is 12.3 Å². The number of hydrogen-bond acceptors (Lipinski definition) is 4. The molecular formula is C19H33FN4O2S. The van der Waals surface area contributed by atoms with Crippen LogP contribution in [0.4, 0.5) is 4.39 Å². The molecular weight excluding hydrogens is 367 g/mol. The average molecular weight is 401 g/mol. The highest BCUT2D eigenvalue weighted by Gasteiger charge is 2.11. The molecule has 2 N–H and O–H groups in total. The fourth-order valence-corrected chi connectivity index (χ4v) is 3.42. The molecule has 1 aromatic carbocycles. The molecule has 0 saturated heterocycles. The summed E-state index contributed by atoms with van der Waals surface area (Å²) in [6.45, 7) is 7.76. The summed E-state index contributed by atoms with van der Waals surface area (Å²) < 4.78 is 36.8. The first-order valence-corrected chi connectivity index (χ1v) is 11.5. The minimum atomic E-state index is -3.20. The number of hydrogen-bond donors (Lipinski definition) is 2. The van der Waals surface area contributed by atoms with Gasteiger partial charge in [0.1, 0.15) is 5.82 Å². The zero-order valence-corrected chi connectivity index (χ0v) is 17.7. The van der Waals surface area contributed by atoms with Gasteiger partial charge < -0.3 is 15.5 Å². The third kappa shape index (κ3) is 10.3. The number of halogens is 1. The Kier molecular flexibility index (Phi) is 10.3. The van der Waals surface area contributed by atoms with Gasteiger partial charge in [-0.3, -0.25) is 0 Å². The summed E-state index contributed by atoms with van der Waals surface area (Å²) in [5.41, 5.74) is 1.16. The molecule has 0 fully saturated rings. The second kappa shape index (κ2) is 11.9. The number of nitrogens with one attached hydrogen (secondary N) is 2. The van der Waals surface area contributed by atoms with Crippen molar-refractivity contribution in [3.8, 4) is 0 Å². The van der Waals surface area contributed by atoms with Crippen molar-refractivity contribution in [2.24, 2.45) is 4.99 Å². The van der Waals surface area contributed by atoms with E-state index in [1.54, 1.807) is 0 Å². The van der Waals surface area contributed by atoms with E-state index in [1.165, 1.54) is 37.3 Å². The smallest absolute Gasteiger partial charge is 0.191 e. The SMILES string of the molecule is CCCCN(C)CCNC(=NCc1cc(F)ccc1CS(C)(=O)=O)NCC. The van der Waals surface area contributed by atoms with Gasteiger partial charge in [0, 0.05) is 25.9 Å². The molecule has 0 aliphatic rings. The zero-order chi connectivity index (χ0) is 20.3. The van der Waals surface area contributed by atoms with Gasteiger partial charge >= 0.3 is 0 Å². The van der Waals surface area contributed by atoms with Crippen LogP contribution in [0.1, 0.15) is 37.8 Å². The lowest BCUT2D eigenvalue weighted by molar-refractivity contribution is 0.332. The molecule has 0 aromatic heterocycles. The Bertz CT molecular complexity index is 708. The molecule has 0 aliphatic carbocycles. The lowest BCUT2D eigenvalue weighted by atomic mass is 10.1. The molecule has 1 aromatic rings. The van der Waals surface area contributed by atoms with E-state index in [9.17, 15) is 12.8 Å². The van der Waals surface area contributed by atoms with Gasteiger partial charge in [-0.2, -0.15) is 0 Å². The number of likely N-dealkylation sites (N-methyl/N-ethyl adjacent to an activating group) is 1. The predicted octanol–water partition coefficient (Wildman–Crippen LogP) is 2.16. The molecule has 154 valence electrons. The van der Waals surface area contributed by atoms with Gasteiger partial charge in [0.25, 0.3) is 0 Å². The van der Waals surface area contributed by atoms with Crippen molar-refractivity contribution in [3.05, 3.63) is 35.1 Å². The van der Waals surface area contributed by atoms with Crippen LogP contribution in [0, 0.1) is 5.82 Å². The Morgan fingerprint density at radius 3 is 2.56 bits per heavy atom. The number of rotatable bonds is 11. The van der Waals surface area contributed by atoms with Crippen molar-refractivity contribution in [2.45, 2.75) is 39.0 Å². The maximum absolute atomic E-state index is 13.6. The van der Waals surface area contributed by atoms with E-state index < -0.39 is 15.7 Å². The topological polar surface area (TPSA) is 73.8 Å². The van der Waals surface area contributed by atoms with E-state index in [0.717, 1.165) is 19.6 Å². The number of unbranched alkanes of at least 4 members (excludes halogenated alkanes) is 1. The van der Waals surface area contributed by atoms with Crippen LogP contribution >= 0.6 is 0 Å². The summed E-state index contributed by atoms with van der Waals surface area (Å²) in [5.74, 6) is 0.119. The fraction of sp³-hybridized carbons (Fsp3) is 0.632. The Morgan fingerprint density at radius 1 is 1.19 bits per heavy atom. The normalized spacial score (nSPS) is 12.4. The molecule has 8 heteroatoms. The fourth-order valence-electron chi connectivity index (χ4n) is 2.58. The minimum Gasteiger partial charge on any atom is -0.357 e. The van der Waals surface area contributed by atoms with Crippen molar-refractivity contribution in [1.82, 2.24) is 15.5 Å². The van der Waals surface area contributed by atoms with Crippen LogP contribution in [0.5, 0.6) is 0 Å². The number of aliphatic imine (C=N–C) groups is 1. The van der Waals surface area contributed by atoms with Crippen LogP contribution in [0.3, 0.4) is 0 Å². The predicted molar refractivity (Wildman–Crippen MR) is 110 cm³/mol. The second-order valence-electron chi connectivity index (χ2n) is 6.76. The summed E-state index contributed by atoms with van der Waals surface area (Å²) in [5, 5.41) is 6.43. The van der Waals surface area contributed by atoms with E-state index >= 15 is 0 Å². The van der Waals surface area contributed by atoms with Gasteiger partial charge in [-0.05, 0) is 50.2 Å². The summed E-state index contributed by atoms with van der Waals surface area (Å²) >= 11 is 0. The highest BCUT2D eigenvalue weighted by Crippen LogP contribution is 2.15. The summed E-state index contributed by atoms with van der Waals surface area (Å²) in [6.07, 6.45) is 3.52. The third-order valence-corrected chi connectivity index (χ3v) is 4.85. The van der Waals surface area contributed by atoms with Crippen molar-refractivity contribution in [3.63, 3.8) is 0 Å². The number of benzene rings is 1. The molecule has 0 aliphatic heterocycles. The zero-order valence-electron chi connectivity index (χ0n) is 16.9. The number of guanidine groups is 1. The molecule has 0 bridgehead atoms. The first-order chi connectivity index (χ1) is 12.7. The van der Waals surface area contributed by atoms with Gasteiger partial charge in [0.15, 0.2) is 15.8 Å². The maximum atomic E-state index is 13.6. The largest absolute Gasteiger partial charge is 0.357 e. The highest BCUT2D eigenvalue weighted by molar-refractivity contribution is 7.89. The molecule has 6 nitrogen and oxygen atoms in total. The molecule has 0 spiro atoms. The van der Waals surface area contributed by atoms with Crippen molar-refractivity contribution in [2.75, 3.05) is 39.5 Å². The van der Waals surface area contributed by atoms with Crippen LogP contribution in [0.15, 0.2) is 23.2 Å². The summed E-state index contributed by atoms with van der Waals surface area (Å²) in [6, 6.07) is 4.15. The Hall–Kier alpha value is -1.67. The highest BCUT2D eigenvalue weighted by atomic mass is 32.2. The van der Waals surface area contributed by atoms with Gasteiger partial charge in [-0.25, -0.2) is 17.8 Å². The summed E-state index contributed by atoms with van der Waals surface area (Å²) in [4.78, 5) is 6.75. The monoisotopic (exact) mass is 400 g/mol. The van der Waals surface area contributed by atoms with Crippen LogP contribution in [0.2, 0.25) is 0 Å². The van der Waals surface area contributed by atoms with E-state index in [4.69, 9.17) is 0 Å². The molecule has 27 heavy (non-hydrogen) atoms. The molecule has 1 rings (SSSR count).